The minimum absolute atomic E-state index is 0.0130. The number of fused-ring (bicyclic) bond motifs is 1. The van der Waals surface area contributed by atoms with Crippen molar-refractivity contribution >= 4 is 22.8 Å². The fourth-order valence-electron chi connectivity index (χ4n) is 3.50. The highest BCUT2D eigenvalue weighted by atomic mass is 16.5. The number of methoxy groups -OCH3 is 1. The number of benzene rings is 2. The number of rotatable bonds is 9. The number of nitrogens with one attached hydrogen (secondary N) is 2. The Morgan fingerprint density at radius 1 is 1.14 bits per heavy atom. The zero-order valence-electron chi connectivity index (χ0n) is 19.6. The zero-order valence-corrected chi connectivity index (χ0v) is 19.6. The first-order chi connectivity index (χ1) is 16.9. The van der Waals surface area contributed by atoms with Crippen LogP contribution in [0.1, 0.15) is 12.5 Å². The second-order valence-electron chi connectivity index (χ2n) is 7.85. The molecule has 0 saturated heterocycles. The first-order valence-corrected chi connectivity index (χ1v) is 10.9. The Morgan fingerprint density at radius 3 is 2.54 bits per heavy atom. The molecule has 0 unspecified atom stereocenters. The number of imidazole rings is 1. The van der Waals surface area contributed by atoms with Crippen molar-refractivity contribution in [1.29, 1.82) is 0 Å². The zero-order chi connectivity index (χ0) is 24.9. The van der Waals surface area contributed by atoms with Crippen LogP contribution in [0.25, 0.3) is 11.2 Å². The molecule has 0 aliphatic rings. The molecule has 11 nitrogen and oxygen atoms in total. The average molecular weight is 479 g/mol. The van der Waals surface area contributed by atoms with E-state index in [1.54, 1.807) is 19.2 Å². The van der Waals surface area contributed by atoms with E-state index in [0.29, 0.717) is 11.5 Å². The monoisotopic (exact) mass is 478 g/mol. The summed E-state index contributed by atoms with van der Waals surface area (Å²) in [5.41, 5.74) is 3.46. The molecule has 2 aromatic carbocycles. The third kappa shape index (κ3) is 5.25. The van der Waals surface area contributed by atoms with Gasteiger partial charge in [-0.1, -0.05) is 18.2 Å². The van der Waals surface area contributed by atoms with Crippen LogP contribution < -0.4 is 26.1 Å². The highest BCUT2D eigenvalue weighted by Crippen LogP contribution is 2.18. The summed E-state index contributed by atoms with van der Waals surface area (Å²) in [6.45, 7) is 1.78. The highest BCUT2D eigenvalue weighted by molar-refractivity contribution is 5.99. The molecule has 0 aliphatic carbocycles. The van der Waals surface area contributed by atoms with Gasteiger partial charge in [-0.25, -0.2) is 10.2 Å². The van der Waals surface area contributed by atoms with Crippen molar-refractivity contribution in [3.05, 3.63) is 81.0 Å². The number of aliphatic hydroxyl groups is 1. The van der Waals surface area contributed by atoms with E-state index in [0.717, 1.165) is 11.3 Å². The number of H-pyrrole nitrogens is 1. The van der Waals surface area contributed by atoms with Crippen molar-refractivity contribution < 1.29 is 14.6 Å². The van der Waals surface area contributed by atoms with Crippen molar-refractivity contribution in [2.45, 2.75) is 19.6 Å². The fraction of sp³-hybridized carbons (Fsp3) is 0.250. The lowest BCUT2D eigenvalue weighted by Gasteiger charge is -2.15. The molecule has 4 rings (SSSR count). The van der Waals surface area contributed by atoms with Gasteiger partial charge in [0.05, 0.1) is 19.4 Å². The normalized spacial score (nSPS) is 12.5. The highest BCUT2D eigenvalue weighted by Gasteiger charge is 2.20. The molecule has 0 aliphatic heterocycles. The summed E-state index contributed by atoms with van der Waals surface area (Å²) in [6.07, 6.45) is -0.976. The smallest absolute Gasteiger partial charge is 0.329 e. The molecule has 0 bridgehead atoms. The number of hydrogen-bond acceptors (Lipinski definition) is 8. The summed E-state index contributed by atoms with van der Waals surface area (Å²) >= 11 is 0. The largest absolute Gasteiger partial charge is 0.497 e. The van der Waals surface area contributed by atoms with E-state index in [4.69, 9.17) is 9.47 Å². The molecule has 0 spiro atoms. The Morgan fingerprint density at radius 2 is 1.86 bits per heavy atom. The number of anilines is 1. The van der Waals surface area contributed by atoms with Gasteiger partial charge in [-0.05, 0) is 48.9 Å². The third-order valence-corrected chi connectivity index (χ3v) is 5.42. The average Bonchev–Trinajstić information content (AvgIpc) is 3.24. The van der Waals surface area contributed by atoms with E-state index < -0.39 is 17.4 Å². The number of aromatic amines is 1. The first kappa shape index (κ1) is 23.8. The Bertz CT molecular complexity index is 1450. The summed E-state index contributed by atoms with van der Waals surface area (Å²) < 4.78 is 13.5. The molecule has 3 N–H and O–H groups in total. The van der Waals surface area contributed by atoms with Crippen LogP contribution in [0.4, 0.5) is 5.95 Å². The molecule has 0 amide bonds. The second kappa shape index (κ2) is 10.3. The number of para-hydroxylation sites is 1. The van der Waals surface area contributed by atoms with E-state index in [1.165, 1.54) is 16.2 Å². The van der Waals surface area contributed by atoms with Crippen LogP contribution in [0.2, 0.25) is 0 Å². The molecule has 2 aromatic heterocycles. The lowest BCUT2D eigenvalue weighted by atomic mass is 10.1. The lowest BCUT2D eigenvalue weighted by Crippen LogP contribution is -2.30. The number of hydrazone groups is 1. The van der Waals surface area contributed by atoms with Gasteiger partial charge in [0.2, 0.25) is 5.95 Å². The number of hydrogen-bond donors (Lipinski definition) is 3. The lowest BCUT2D eigenvalue weighted by molar-refractivity contribution is 0.0938. The van der Waals surface area contributed by atoms with Crippen LogP contribution in [-0.4, -0.2) is 49.7 Å². The van der Waals surface area contributed by atoms with Crippen molar-refractivity contribution in [1.82, 2.24) is 19.1 Å². The van der Waals surface area contributed by atoms with Gasteiger partial charge in [-0.3, -0.25) is 14.3 Å². The molecule has 35 heavy (non-hydrogen) atoms. The molecule has 1 atom stereocenters. The summed E-state index contributed by atoms with van der Waals surface area (Å²) in [5.74, 6) is 1.53. The van der Waals surface area contributed by atoms with Gasteiger partial charge in [0.25, 0.3) is 5.56 Å². The number of nitrogens with zero attached hydrogens (tertiary/aromatic N) is 4. The van der Waals surface area contributed by atoms with Crippen LogP contribution in [0.3, 0.4) is 0 Å². The maximum Gasteiger partial charge on any atom is 0.329 e. The van der Waals surface area contributed by atoms with Gasteiger partial charge in [-0.2, -0.15) is 10.1 Å². The van der Waals surface area contributed by atoms with Crippen molar-refractivity contribution in [2.75, 3.05) is 19.1 Å². The summed E-state index contributed by atoms with van der Waals surface area (Å²) in [4.78, 5) is 31.4. The van der Waals surface area contributed by atoms with E-state index in [1.807, 2.05) is 49.4 Å². The van der Waals surface area contributed by atoms with E-state index in [9.17, 15) is 14.7 Å². The van der Waals surface area contributed by atoms with Gasteiger partial charge >= 0.3 is 5.69 Å². The van der Waals surface area contributed by atoms with Gasteiger partial charge in [0, 0.05) is 7.05 Å². The van der Waals surface area contributed by atoms with Crippen molar-refractivity contribution in [3.63, 3.8) is 0 Å². The Kier molecular flexibility index (Phi) is 6.97. The Labute approximate surface area is 200 Å². The molecular formula is C24H26N6O5. The van der Waals surface area contributed by atoms with Crippen LogP contribution in [-0.2, 0) is 13.6 Å². The summed E-state index contributed by atoms with van der Waals surface area (Å²) in [6, 6.07) is 16.5. The number of ether oxygens (including phenoxy) is 2. The van der Waals surface area contributed by atoms with Crippen molar-refractivity contribution in [2.24, 2.45) is 12.1 Å². The van der Waals surface area contributed by atoms with Crippen LogP contribution in [0.15, 0.2) is 69.3 Å². The molecule has 0 radical (unpaired) electrons. The van der Waals surface area contributed by atoms with E-state index in [-0.39, 0.29) is 30.3 Å². The molecule has 0 fully saturated rings. The molecule has 11 heteroatoms. The predicted octanol–water partition coefficient (Wildman–Crippen LogP) is 1.71. The summed E-state index contributed by atoms with van der Waals surface area (Å²) in [7, 11) is 3.10. The second-order valence-corrected chi connectivity index (χ2v) is 7.85. The number of aromatic nitrogens is 4. The maximum absolute atomic E-state index is 12.6. The summed E-state index contributed by atoms with van der Waals surface area (Å²) in [5, 5.41) is 15.0. The molecule has 0 saturated carbocycles. The Balaban J connectivity index is 1.64. The first-order valence-electron chi connectivity index (χ1n) is 10.9. The van der Waals surface area contributed by atoms with Crippen molar-refractivity contribution in [3.8, 4) is 11.5 Å². The molecule has 4 aromatic rings. The van der Waals surface area contributed by atoms with Crippen LogP contribution in [0.5, 0.6) is 11.5 Å². The number of aryl methyl sites for hydroxylation is 1. The number of aliphatic hydroxyl groups excluding tert-OH is 1. The standard InChI is InChI=1S/C24H26N6O5/c1-15(16-9-11-18(34-3)12-10-16)27-28-23-25-21-20(22(32)26-24(33)29(21)2)30(23)13-17(31)14-35-19-7-5-4-6-8-19/h4-12,17,31H,13-14H2,1-3H3,(H,25,28)(H,26,32,33)/b27-15+/t17-/m1/s1. The van der Waals surface area contributed by atoms with Gasteiger partial charge in [0.1, 0.15) is 24.2 Å². The maximum atomic E-state index is 12.6. The fourth-order valence-corrected chi connectivity index (χ4v) is 3.50. The topological polar surface area (TPSA) is 136 Å². The molecule has 2 heterocycles. The van der Waals surface area contributed by atoms with Crippen LogP contribution in [0, 0.1) is 0 Å². The Hall–Kier alpha value is -4.38. The van der Waals surface area contributed by atoms with E-state index >= 15 is 0 Å². The quantitative estimate of drug-likeness (QED) is 0.246. The van der Waals surface area contributed by atoms with Crippen LogP contribution >= 0.6 is 0 Å². The molecule has 182 valence electrons. The van der Waals surface area contributed by atoms with Gasteiger partial charge in [0.15, 0.2) is 11.2 Å². The van der Waals surface area contributed by atoms with Gasteiger partial charge < -0.3 is 19.1 Å². The third-order valence-electron chi connectivity index (χ3n) is 5.42. The minimum atomic E-state index is -0.976. The van der Waals surface area contributed by atoms with Gasteiger partial charge in [-0.15, -0.1) is 0 Å². The van der Waals surface area contributed by atoms with E-state index in [2.05, 4.69) is 20.5 Å². The SMILES string of the molecule is COc1ccc(/C(C)=N/Nc2nc3c(c(=O)[nH]c(=O)n3C)n2C[C@@H](O)COc2ccccc2)cc1. The predicted molar refractivity (Wildman–Crippen MR) is 132 cm³/mol. The molecular weight excluding hydrogens is 452 g/mol. The minimum Gasteiger partial charge on any atom is -0.497 e.